The Balaban J connectivity index is 1.63. The number of hydrogen-bond donors (Lipinski definition) is 0. The Kier molecular flexibility index (Phi) is 3.21. The number of aryl methyl sites for hydroxylation is 1. The number of likely N-dealkylation sites (tertiary alicyclic amines) is 1. The molecule has 0 spiro atoms. The van der Waals surface area contributed by atoms with Crippen molar-refractivity contribution in [3.63, 3.8) is 0 Å². The summed E-state index contributed by atoms with van der Waals surface area (Å²) in [5.41, 5.74) is 1.91. The summed E-state index contributed by atoms with van der Waals surface area (Å²) in [6.07, 6.45) is 3.45. The number of nitrogens with zero attached hydrogens (tertiary/aromatic N) is 3. The van der Waals surface area contributed by atoms with Crippen LogP contribution in [0.25, 0.3) is 0 Å². The lowest BCUT2D eigenvalue weighted by Crippen LogP contribution is -2.39. The summed E-state index contributed by atoms with van der Waals surface area (Å²) in [5, 5.41) is 7.82. The summed E-state index contributed by atoms with van der Waals surface area (Å²) in [5.74, 6) is -0.158. The van der Waals surface area contributed by atoms with Crippen LogP contribution in [0.2, 0.25) is 0 Å². The summed E-state index contributed by atoms with van der Waals surface area (Å²) in [7, 11) is 0. The van der Waals surface area contributed by atoms with Crippen molar-refractivity contribution in [2.75, 3.05) is 6.54 Å². The van der Waals surface area contributed by atoms with Crippen LogP contribution >= 0.6 is 0 Å². The second kappa shape index (κ2) is 5.15. The van der Waals surface area contributed by atoms with Gasteiger partial charge in [0.2, 0.25) is 5.91 Å². The number of benzene rings is 1. The third-order valence-electron chi connectivity index (χ3n) is 5.07. The molecule has 1 amide bonds. The smallest absolute Gasteiger partial charge is 0.233 e. The molecule has 1 saturated heterocycles. The van der Waals surface area contributed by atoms with Crippen LogP contribution in [0.15, 0.2) is 28.9 Å². The van der Waals surface area contributed by atoms with E-state index in [1.807, 2.05) is 11.8 Å². The first-order chi connectivity index (χ1) is 11.1. The van der Waals surface area contributed by atoms with Crippen molar-refractivity contribution in [2.24, 2.45) is 0 Å². The van der Waals surface area contributed by atoms with Crippen LogP contribution in [0.1, 0.15) is 48.7 Å². The Morgan fingerprint density at radius 2 is 2.04 bits per heavy atom. The molecule has 2 aromatic rings. The van der Waals surface area contributed by atoms with Crippen molar-refractivity contribution in [1.29, 1.82) is 0 Å². The van der Waals surface area contributed by atoms with E-state index in [1.54, 1.807) is 12.1 Å². The number of carbonyl (C=O) groups is 1. The first-order valence-electron chi connectivity index (χ1n) is 7.98. The Labute approximate surface area is 133 Å². The summed E-state index contributed by atoms with van der Waals surface area (Å²) in [6.45, 7) is 2.57. The van der Waals surface area contributed by atoms with E-state index in [2.05, 4.69) is 10.3 Å². The molecular formula is C17H18FN3O2. The van der Waals surface area contributed by atoms with Crippen LogP contribution in [0.3, 0.4) is 0 Å². The molecule has 23 heavy (non-hydrogen) atoms. The first kappa shape index (κ1) is 14.4. The van der Waals surface area contributed by atoms with Gasteiger partial charge in [-0.1, -0.05) is 22.4 Å². The predicted molar refractivity (Wildman–Crippen MR) is 80.0 cm³/mol. The van der Waals surface area contributed by atoms with Crippen molar-refractivity contribution >= 4 is 5.91 Å². The van der Waals surface area contributed by atoms with Gasteiger partial charge >= 0.3 is 0 Å². The van der Waals surface area contributed by atoms with E-state index in [-0.39, 0.29) is 17.8 Å². The van der Waals surface area contributed by atoms with Gasteiger partial charge < -0.3 is 4.90 Å². The Morgan fingerprint density at radius 3 is 2.65 bits per heavy atom. The Morgan fingerprint density at radius 1 is 1.30 bits per heavy atom. The highest BCUT2D eigenvalue weighted by Crippen LogP contribution is 2.51. The first-order valence-corrected chi connectivity index (χ1v) is 7.98. The third kappa shape index (κ3) is 2.24. The number of aromatic nitrogens is 2. The molecule has 2 aliphatic rings. The Hall–Kier alpha value is -2.24. The van der Waals surface area contributed by atoms with Crippen molar-refractivity contribution in [1.82, 2.24) is 15.2 Å². The zero-order valence-corrected chi connectivity index (χ0v) is 13.0. The summed E-state index contributed by atoms with van der Waals surface area (Å²) in [4.78, 5) is 15.1. The second-order valence-corrected chi connectivity index (χ2v) is 6.48. The molecule has 1 aromatic heterocycles. The van der Waals surface area contributed by atoms with Gasteiger partial charge in [-0.15, -0.1) is 0 Å². The van der Waals surface area contributed by atoms with Crippen molar-refractivity contribution in [3.8, 4) is 0 Å². The number of hydrogen-bond acceptors (Lipinski definition) is 4. The lowest BCUT2D eigenvalue weighted by molar-refractivity contribution is -0.135. The molecule has 1 aliphatic carbocycles. The maximum absolute atomic E-state index is 13.2. The predicted octanol–water partition coefficient (Wildman–Crippen LogP) is 2.91. The Bertz CT molecular complexity index is 737. The highest BCUT2D eigenvalue weighted by Gasteiger charge is 2.54. The number of carbonyl (C=O) groups excluding carboxylic acids is 1. The minimum Gasteiger partial charge on any atom is -0.333 e. The summed E-state index contributed by atoms with van der Waals surface area (Å²) in [6, 6.07) is 6.25. The maximum atomic E-state index is 13.2. The molecule has 0 bridgehead atoms. The zero-order valence-electron chi connectivity index (χ0n) is 13.0. The fourth-order valence-electron chi connectivity index (χ4n) is 3.63. The van der Waals surface area contributed by atoms with Gasteiger partial charge in [0.15, 0.2) is 0 Å². The van der Waals surface area contributed by atoms with E-state index in [0.29, 0.717) is 0 Å². The highest BCUT2D eigenvalue weighted by atomic mass is 19.1. The van der Waals surface area contributed by atoms with Crippen LogP contribution < -0.4 is 0 Å². The summed E-state index contributed by atoms with van der Waals surface area (Å²) < 4.78 is 18.0. The van der Waals surface area contributed by atoms with Gasteiger partial charge in [0.05, 0.1) is 11.5 Å². The van der Waals surface area contributed by atoms with Crippen LogP contribution in [-0.4, -0.2) is 27.7 Å². The van der Waals surface area contributed by atoms with Gasteiger partial charge in [-0.2, -0.15) is 0 Å². The summed E-state index contributed by atoms with van der Waals surface area (Å²) >= 11 is 0. The second-order valence-electron chi connectivity index (χ2n) is 6.48. The van der Waals surface area contributed by atoms with Crippen LogP contribution in [0.4, 0.5) is 4.39 Å². The van der Waals surface area contributed by atoms with Crippen molar-refractivity contribution in [3.05, 3.63) is 47.0 Å². The fraction of sp³-hybridized carbons (Fsp3) is 0.471. The van der Waals surface area contributed by atoms with E-state index in [4.69, 9.17) is 4.63 Å². The average Bonchev–Trinajstić information content (AvgIpc) is 3.02. The van der Waals surface area contributed by atoms with Gasteiger partial charge in [0.1, 0.15) is 17.2 Å². The number of rotatable bonds is 3. The lowest BCUT2D eigenvalue weighted by Gasteiger charge is -2.28. The molecule has 0 unspecified atom stereocenters. The third-order valence-corrected chi connectivity index (χ3v) is 5.07. The molecule has 0 radical (unpaired) electrons. The zero-order chi connectivity index (χ0) is 16.0. The van der Waals surface area contributed by atoms with Crippen LogP contribution in [-0.2, 0) is 10.2 Å². The minimum atomic E-state index is -0.485. The molecule has 5 nitrogen and oxygen atoms in total. The molecule has 2 heterocycles. The van der Waals surface area contributed by atoms with E-state index in [1.165, 1.54) is 12.1 Å². The van der Waals surface area contributed by atoms with Gasteiger partial charge in [-0.25, -0.2) is 9.02 Å². The quantitative estimate of drug-likeness (QED) is 0.874. The maximum Gasteiger partial charge on any atom is 0.233 e. The average molecular weight is 315 g/mol. The molecule has 1 aromatic carbocycles. The van der Waals surface area contributed by atoms with Crippen molar-refractivity contribution < 1.29 is 13.8 Å². The fourth-order valence-corrected chi connectivity index (χ4v) is 3.63. The van der Waals surface area contributed by atoms with Gasteiger partial charge in [-0.3, -0.25) is 4.79 Å². The molecule has 0 N–H and O–H groups in total. The van der Waals surface area contributed by atoms with E-state index in [0.717, 1.165) is 49.2 Å². The largest absolute Gasteiger partial charge is 0.333 e. The van der Waals surface area contributed by atoms with Crippen molar-refractivity contribution in [2.45, 2.75) is 44.1 Å². The highest BCUT2D eigenvalue weighted by molar-refractivity contribution is 5.91. The number of halogens is 1. The molecule has 2 fully saturated rings. The van der Waals surface area contributed by atoms with E-state index < -0.39 is 5.41 Å². The molecular weight excluding hydrogens is 297 g/mol. The standard InChI is InChI=1S/C17H18FN3O2/c1-11-15(20-23-19-11)14-3-2-10-21(14)16(22)17(8-9-17)12-4-6-13(18)7-5-12/h4-7,14H,2-3,8-10H2,1H3/t14-/m1/s1. The topological polar surface area (TPSA) is 59.2 Å². The monoisotopic (exact) mass is 315 g/mol. The molecule has 120 valence electrons. The minimum absolute atomic E-state index is 0.0633. The van der Waals surface area contributed by atoms with Gasteiger partial charge in [0.25, 0.3) is 0 Å². The van der Waals surface area contributed by atoms with Crippen LogP contribution in [0, 0.1) is 12.7 Å². The van der Waals surface area contributed by atoms with E-state index >= 15 is 0 Å². The molecule has 1 atom stereocenters. The van der Waals surface area contributed by atoms with Crippen LogP contribution in [0.5, 0.6) is 0 Å². The van der Waals surface area contributed by atoms with Gasteiger partial charge in [0, 0.05) is 6.54 Å². The molecule has 1 aliphatic heterocycles. The normalized spacial score (nSPS) is 22.3. The number of amides is 1. The van der Waals surface area contributed by atoms with Gasteiger partial charge in [-0.05, 0) is 50.3 Å². The molecule has 4 rings (SSSR count). The molecule has 6 heteroatoms. The molecule has 1 saturated carbocycles. The lowest BCUT2D eigenvalue weighted by atomic mass is 9.93. The SMILES string of the molecule is Cc1nonc1[C@H]1CCCN1C(=O)C1(c2ccc(F)cc2)CC1. The van der Waals surface area contributed by atoms with E-state index in [9.17, 15) is 9.18 Å².